The molecule has 1 aromatic rings. The molecule has 0 bridgehead atoms. The minimum Gasteiger partial charge on any atom is -0.302 e. The van der Waals surface area contributed by atoms with Gasteiger partial charge in [0, 0.05) is 11.3 Å². The predicted molar refractivity (Wildman–Crippen MR) is 68.8 cm³/mol. The summed E-state index contributed by atoms with van der Waals surface area (Å²) in [5.41, 5.74) is 0.960. The number of anilines is 1. The number of aryl methyl sites for hydroxylation is 1. The van der Waals surface area contributed by atoms with Crippen LogP contribution in [-0.2, 0) is 4.79 Å². The zero-order chi connectivity index (χ0) is 12.0. The summed E-state index contributed by atoms with van der Waals surface area (Å²) >= 11 is 1.49. The van der Waals surface area contributed by atoms with E-state index < -0.39 is 0 Å². The summed E-state index contributed by atoms with van der Waals surface area (Å²) in [6, 6.07) is 0. The van der Waals surface area contributed by atoms with E-state index in [4.69, 9.17) is 0 Å². The second kappa shape index (κ2) is 6.63. The number of thiazole rings is 1. The number of hydrogen-bond donors (Lipinski definition) is 1. The zero-order valence-corrected chi connectivity index (χ0v) is 11.1. The number of hydrogen-bond acceptors (Lipinski definition) is 3. The maximum atomic E-state index is 11.9. The van der Waals surface area contributed by atoms with E-state index in [0.717, 1.165) is 36.5 Å². The molecule has 16 heavy (non-hydrogen) atoms. The van der Waals surface area contributed by atoms with Gasteiger partial charge in [-0.25, -0.2) is 4.98 Å². The summed E-state index contributed by atoms with van der Waals surface area (Å²) in [5.74, 6) is 0.245. The molecular weight excluding hydrogens is 220 g/mol. The molecule has 90 valence electrons. The van der Waals surface area contributed by atoms with Gasteiger partial charge in [0.05, 0.1) is 5.69 Å². The molecule has 1 amide bonds. The Hall–Kier alpha value is -0.900. The van der Waals surface area contributed by atoms with Crippen LogP contribution >= 0.6 is 11.3 Å². The van der Waals surface area contributed by atoms with Gasteiger partial charge in [0.2, 0.25) is 5.91 Å². The van der Waals surface area contributed by atoms with E-state index in [1.165, 1.54) is 11.3 Å². The predicted octanol–water partition coefficient (Wildman–Crippen LogP) is 3.61. The third-order valence-electron chi connectivity index (χ3n) is 2.62. The van der Waals surface area contributed by atoms with Gasteiger partial charge in [-0.15, -0.1) is 11.3 Å². The molecule has 3 nitrogen and oxygen atoms in total. The van der Waals surface area contributed by atoms with E-state index >= 15 is 0 Å². The van der Waals surface area contributed by atoms with E-state index in [1.807, 2.05) is 12.3 Å². The monoisotopic (exact) mass is 240 g/mol. The largest absolute Gasteiger partial charge is 0.302 e. The minimum absolute atomic E-state index is 0.116. The molecule has 0 saturated carbocycles. The highest BCUT2D eigenvalue weighted by Gasteiger charge is 2.16. The van der Waals surface area contributed by atoms with Crippen LogP contribution in [0.5, 0.6) is 0 Å². The highest BCUT2D eigenvalue weighted by atomic mass is 32.1. The molecular formula is C12H20N2OS. The van der Waals surface area contributed by atoms with Crippen molar-refractivity contribution >= 4 is 22.4 Å². The van der Waals surface area contributed by atoms with Crippen LogP contribution in [0.4, 0.5) is 5.13 Å². The second-order valence-electron chi connectivity index (χ2n) is 4.03. The number of rotatable bonds is 6. The molecule has 0 aliphatic heterocycles. The first-order valence-corrected chi connectivity index (χ1v) is 6.78. The van der Waals surface area contributed by atoms with Crippen LogP contribution in [0.3, 0.4) is 0 Å². The number of amides is 1. The molecule has 1 N–H and O–H groups in total. The molecule has 1 atom stereocenters. The van der Waals surface area contributed by atoms with Gasteiger partial charge in [0.1, 0.15) is 0 Å². The van der Waals surface area contributed by atoms with Crippen LogP contribution in [0, 0.1) is 12.8 Å². The summed E-state index contributed by atoms with van der Waals surface area (Å²) < 4.78 is 0. The first-order chi connectivity index (χ1) is 7.67. The maximum Gasteiger partial charge on any atom is 0.229 e. The first-order valence-electron chi connectivity index (χ1n) is 5.90. The zero-order valence-electron chi connectivity index (χ0n) is 10.2. The van der Waals surface area contributed by atoms with Crippen LogP contribution < -0.4 is 5.32 Å². The molecule has 0 radical (unpaired) electrons. The highest BCUT2D eigenvalue weighted by Crippen LogP contribution is 2.18. The Balaban J connectivity index is 2.49. The van der Waals surface area contributed by atoms with Gasteiger partial charge in [-0.2, -0.15) is 0 Å². The Morgan fingerprint density at radius 3 is 2.81 bits per heavy atom. The summed E-state index contributed by atoms with van der Waals surface area (Å²) in [7, 11) is 0. The van der Waals surface area contributed by atoms with Crippen LogP contribution in [0.25, 0.3) is 0 Å². The van der Waals surface area contributed by atoms with Gasteiger partial charge in [0.15, 0.2) is 5.13 Å². The van der Waals surface area contributed by atoms with Crippen LogP contribution in [-0.4, -0.2) is 10.9 Å². The lowest BCUT2D eigenvalue weighted by atomic mass is 9.99. The van der Waals surface area contributed by atoms with Gasteiger partial charge in [0.25, 0.3) is 0 Å². The highest BCUT2D eigenvalue weighted by molar-refractivity contribution is 7.13. The standard InChI is InChI=1S/C12H20N2OS/c1-4-6-7-10(5-2)11(15)14-12-13-9(3)8-16-12/h8,10H,4-7H2,1-3H3,(H,13,14,15). The Kier molecular flexibility index (Phi) is 5.46. The van der Waals surface area contributed by atoms with Crippen molar-refractivity contribution in [2.45, 2.75) is 46.5 Å². The SMILES string of the molecule is CCCCC(CC)C(=O)Nc1nc(C)cs1. The Morgan fingerprint density at radius 2 is 2.31 bits per heavy atom. The van der Waals surface area contributed by atoms with Crippen LogP contribution in [0.15, 0.2) is 5.38 Å². The Bertz CT molecular complexity index is 336. The fourth-order valence-corrected chi connectivity index (χ4v) is 2.28. The number of unbranched alkanes of at least 4 members (excludes halogenated alkanes) is 1. The fraction of sp³-hybridized carbons (Fsp3) is 0.667. The van der Waals surface area contributed by atoms with Gasteiger partial charge >= 0.3 is 0 Å². The molecule has 1 heterocycles. The van der Waals surface area contributed by atoms with Crippen molar-refractivity contribution in [2.24, 2.45) is 5.92 Å². The summed E-state index contributed by atoms with van der Waals surface area (Å²) in [4.78, 5) is 16.1. The minimum atomic E-state index is 0.116. The number of aromatic nitrogens is 1. The molecule has 0 saturated heterocycles. The van der Waals surface area contributed by atoms with Gasteiger partial charge in [-0.3, -0.25) is 4.79 Å². The van der Waals surface area contributed by atoms with Crippen molar-refractivity contribution < 1.29 is 4.79 Å². The third-order valence-corrected chi connectivity index (χ3v) is 3.49. The van der Waals surface area contributed by atoms with Crippen molar-refractivity contribution in [3.05, 3.63) is 11.1 Å². The quantitative estimate of drug-likeness (QED) is 0.825. The van der Waals surface area contributed by atoms with Gasteiger partial charge in [-0.1, -0.05) is 26.7 Å². The van der Waals surface area contributed by atoms with E-state index in [9.17, 15) is 4.79 Å². The molecule has 1 unspecified atom stereocenters. The second-order valence-corrected chi connectivity index (χ2v) is 4.89. The lowest BCUT2D eigenvalue weighted by molar-refractivity contribution is -0.120. The molecule has 0 aromatic carbocycles. The number of carbonyl (C=O) groups excluding carboxylic acids is 1. The van der Waals surface area contributed by atoms with Crippen molar-refractivity contribution in [3.8, 4) is 0 Å². The third kappa shape index (κ3) is 3.93. The Morgan fingerprint density at radius 1 is 1.56 bits per heavy atom. The van der Waals surface area contributed by atoms with Crippen molar-refractivity contribution in [1.82, 2.24) is 4.98 Å². The van der Waals surface area contributed by atoms with E-state index in [1.54, 1.807) is 0 Å². The topological polar surface area (TPSA) is 42.0 Å². The average molecular weight is 240 g/mol. The molecule has 0 aliphatic rings. The van der Waals surface area contributed by atoms with Crippen molar-refractivity contribution in [1.29, 1.82) is 0 Å². The molecule has 0 aliphatic carbocycles. The number of carbonyl (C=O) groups is 1. The normalized spacial score (nSPS) is 12.4. The summed E-state index contributed by atoms with van der Waals surface area (Å²) in [6.45, 7) is 6.14. The smallest absolute Gasteiger partial charge is 0.229 e. The molecule has 1 aromatic heterocycles. The molecule has 0 spiro atoms. The van der Waals surface area contributed by atoms with Gasteiger partial charge < -0.3 is 5.32 Å². The van der Waals surface area contributed by atoms with Crippen molar-refractivity contribution in [2.75, 3.05) is 5.32 Å². The molecule has 0 fully saturated rings. The first kappa shape index (κ1) is 13.2. The van der Waals surface area contributed by atoms with E-state index in [2.05, 4.69) is 24.1 Å². The van der Waals surface area contributed by atoms with E-state index in [0.29, 0.717) is 0 Å². The fourth-order valence-electron chi connectivity index (χ4n) is 1.59. The van der Waals surface area contributed by atoms with Crippen LogP contribution in [0.2, 0.25) is 0 Å². The van der Waals surface area contributed by atoms with Crippen LogP contribution in [0.1, 0.15) is 45.2 Å². The average Bonchev–Trinajstić information content (AvgIpc) is 2.65. The maximum absolute atomic E-state index is 11.9. The molecule has 4 heteroatoms. The molecule has 1 rings (SSSR count). The lowest BCUT2D eigenvalue weighted by Gasteiger charge is -2.12. The number of nitrogens with zero attached hydrogens (tertiary/aromatic N) is 1. The summed E-state index contributed by atoms with van der Waals surface area (Å²) in [6.07, 6.45) is 4.13. The van der Waals surface area contributed by atoms with Gasteiger partial charge in [-0.05, 0) is 19.8 Å². The number of nitrogens with one attached hydrogen (secondary N) is 1. The Labute approximate surface area is 101 Å². The summed E-state index contributed by atoms with van der Waals surface area (Å²) in [5, 5.41) is 5.56. The van der Waals surface area contributed by atoms with Crippen molar-refractivity contribution in [3.63, 3.8) is 0 Å². The lowest BCUT2D eigenvalue weighted by Crippen LogP contribution is -2.22. The van der Waals surface area contributed by atoms with E-state index in [-0.39, 0.29) is 11.8 Å².